The van der Waals surface area contributed by atoms with Crippen molar-refractivity contribution in [2.24, 2.45) is 5.41 Å². The summed E-state index contributed by atoms with van der Waals surface area (Å²) in [5.41, 5.74) is 3.05. The first-order valence-corrected chi connectivity index (χ1v) is 11.1. The fourth-order valence-corrected chi connectivity index (χ4v) is 4.65. The van der Waals surface area contributed by atoms with Crippen LogP contribution in [0.4, 0.5) is 0 Å². The summed E-state index contributed by atoms with van der Waals surface area (Å²) < 4.78 is 18.4. The van der Waals surface area contributed by atoms with Crippen molar-refractivity contribution in [2.45, 2.75) is 59.4 Å². The van der Waals surface area contributed by atoms with E-state index in [1.54, 1.807) is 19.9 Å². The SMILES string of the molecule is CCc1nn(CCCOC(=O)c2cc(C)oc2C)c2c1C(=O)NCC1(CCOCC1)C2. The summed E-state index contributed by atoms with van der Waals surface area (Å²) in [5.74, 6) is 0.860. The molecule has 2 aromatic heterocycles. The lowest BCUT2D eigenvalue weighted by atomic mass is 9.76. The lowest BCUT2D eigenvalue weighted by Crippen LogP contribution is -2.40. The zero-order valence-electron chi connectivity index (χ0n) is 18.6. The van der Waals surface area contributed by atoms with Crippen LogP contribution in [0.25, 0.3) is 0 Å². The van der Waals surface area contributed by atoms with Crippen molar-refractivity contribution in [3.63, 3.8) is 0 Å². The Bertz CT molecular complexity index is 968. The molecule has 8 heteroatoms. The first kappa shape index (κ1) is 21.6. The van der Waals surface area contributed by atoms with Gasteiger partial charge in [-0.15, -0.1) is 0 Å². The molecular formula is C23H31N3O5. The molecule has 4 rings (SSSR count). The van der Waals surface area contributed by atoms with Crippen LogP contribution in [0.2, 0.25) is 0 Å². The summed E-state index contributed by atoms with van der Waals surface area (Å²) in [6.07, 6.45) is 4.00. The van der Waals surface area contributed by atoms with E-state index in [4.69, 9.17) is 19.0 Å². The van der Waals surface area contributed by atoms with E-state index in [0.717, 1.165) is 49.4 Å². The number of aryl methyl sites for hydroxylation is 4. The van der Waals surface area contributed by atoms with E-state index in [1.165, 1.54) is 0 Å². The van der Waals surface area contributed by atoms with Gasteiger partial charge in [-0.05, 0) is 51.0 Å². The molecule has 1 fully saturated rings. The van der Waals surface area contributed by atoms with E-state index in [2.05, 4.69) is 5.32 Å². The van der Waals surface area contributed by atoms with E-state index in [1.807, 2.05) is 11.6 Å². The Balaban J connectivity index is 1.46. The third-order valence-corrected chi connectivity index (χ3v) is 6.42. The Labute approximate surface area is 182 Å². The monoisotopic (exact) mass is 429 g/mol. The number of carbonyl (C=O) groups excluding carboxylic acids is 2. The molecule has 1 N–H and O–H groups in total. The third-order valence-electron chi connectivity index (χ3n) is 6.42. The van der Waals surface area contributed by atoms with Crippen LogP contribution in [0.3, 0.4) is 0 Å². The third kappa shape index (κ3) is 4.39. The molecule has 0 radical (unpaired) electrons. The first-order chi connectivity index (χ1) is 14.9. The molecule has 1 amide bonds. The molecule has 2 aliphatic heterocycles. The van der Waals surface area contributed by atoms with Crippen LogP contribution in [0.1, 0.15) is 69.8 Å². The number of aromatic nitrogens is 2. The van der Waals surface area contributed by atoms with Crippen molar-refractivity contribution in [1.82, 2.24) is 15.1 Å². The molecule has 0 aromatic carbocycles. The number of esters is 1. The van der Waals surface area contributed by atoms with Gasteiger partial charge in [-0.2, -0.15) is 5.10 Å². The topological polar surface area (TPSA) is 95.6 Å². The maximum atomic E-state index is 12.9. The molecule has 0 bridgehead atoms. The van der Waals surface area contributed by atoms with E-state index in [9.17, 15) is 9.59 Å². The van der Waals surface area contributed by atoms with Gasteiger partial charge in [0.1, 0.15) is 17.1 Å². The number of furan rings is 1. The maximum absolute atomic E-state index is 12.9. The zero-order valence-corrected chi connectivity index (χ0v) is 18.6. The Morgan fingerprint density at radius 2 is 2.10 bits per heavy atom. The molecular weight excluding hydrogens is 398 g/mol. The second-order valence-corrected chi connectivity index (χ2v) is 8.63. The maximum Gasteiger partial charge on any atom is 0.341 e. The summed E-state index contributed by atoms with van der Waals surface area (Å²) in [4.78, 5) is 25.2. The summed E-state index contributed by atoms with van der Waals surface area (Å²) in [7, 11) is 0. The van der Waals surface area contributed by atoms with Gasteiger partial charge in [0, 0.05) is 32.7 Å². The minimum Gasteiger partial charge on any atom is -0.466 e. The Hall–Kier alpha value is -2.61. The van der Waals surface area contributed by atoms with Crippen LogP contribution in [-0.4, -0.2) is 48.0 Å². The predicted molar refractivity (Wildman–Crippen MR) is 113 cm³/mol. The molecule has 1 spiro atoms. The molecule has 1 saturated heterocycles. The summed E-state index contributed by atoms with van der Waals surface area (Å²) in [6, 6.07) is 1.70. The molecule has 0 aliphatic carbocycles. The molecule has 2 aliphatic rings. The Kier molecular flexibility index (Phi) is 6.18. The number of fused-ring (bicyclic) bond motifs is 1. The highest BCUT2D eigenvalue weighted by Crippen LogP contribution is 2.37. The summed E-state index contributed by atoms with van der Waals surface area (Å²) >= 11 is 0. The number of carbonyl (C=O) groups is 2. The fraction of sp³-hybridized carbons (Fsp3) is 0.609. The average molecular weight is 430 g/mol. The van der Waals surface area contributed by atoms with Crippen LogP contribution < -0.4 is 5.32 Å². The summed E-state index contributed by atoms with van der Waals surface area (Å²) in [5, 5.41) is 7.87. The number of rotatable bonds is 6. The van der Waals surface area contributed by atoms with Gasteiger partial charge in [0.25, 0.3) is 5.91 Å². The average Bonchev–Trinajstić information content (AvgIpc) is 3.24. The van der Waals surface area contributed by atoms with E-state index < -0.39 is 0 Å². The standard InChI is InChI=1S/C23H31N3O5/c1-4-18-20-19(13-23(14-24-21(20)27)6-10-29-11-7-23)26(25-18)8-5-9-30-22(28)17-12-15(2)31-16(17)3/h12H,4-11,13-14H2,1-3H3,(H,24,27). The first-order valence-electron chi connectivity index (χ1n) is 11.1. The molecule has 4 heterocycles. The smallest absolute Gasteiger partial charge is 0.341 e. The van der Waals surface area contributed by atoms with Crippen molar-refractivity contribution in [1.29, 1.82) is 0 Å². The molecule has 168 valence electrons. The van der Waals surface area contributed by atoms with Crippen LogP contribution in [0, 0.1) is 19.3 Å². The van der Waals surface area contributed by atoms with E-state index in [-0.39, 0.29) is 23.9 Å². The zero-order chi connectivity index (χ0) is 22.0. The highest BCUT2D eigenvalue weighted by Gasteiger charge is 2.39. The minimum atomic E-state index is -0.372. The van der Waals surface area contributed by atoms with Crippen LogP contribution in [0.15, 0.2) is 10.5 Å². The van der Waals surface area contributed by atoms with Gasteiger partial charge < -0.3 is 19.2 Å². The van der Waals surface area contributed by atoms with Crippen molar-refractivity contribution in [2.75, 3.05) is 26.4 Å². The lowest BCUT2D eigenvalue weighted by molar-refractivity contribution is 0.0152. The number of hydrogen-bond acceptors (Lipinski definition) is 6. The van der Waals surface area contributed by atoms with Crippen LogP contribution in [0.5, 0.6) is 0 Å². The minimum absolute atomic E-state index is 0.0189. The number of amides is 1. The van der Waals surface area contributed by atoms with Crippen molar-refractivity contribution in [3.05, 3.63) is 40.1 Å². The second-order valence-electron chi connectivity index (χ2n) is 8.63. The van der Waals surface area contributed by atoms with E-state index >= 15 is 0 Å². The normalized spacial score (nSPS) is 17.8. The molecule has 2 aromatic rings. The van der Waals surface area contributed by atoms with Crippen molar-refractivity contribution < 1.29 is 23.5 Å². The van der Waals surface area contributed by atoms with Gasteiger partial charge in [-0.3, -0.25) is 9.48 Å². The van der Waals surface area contributed by atoms with E-state index in [0.29, 0.717) is 43.0 Å². The van der Waals surface area contributed by atoms with Gasteiger partial charge in [-0.1, -0.05) is 6.92 Å². The highest BCUT2D eigenvalue weighted by molar-refractivity contribution is 5.97. The van der Waals surface area contributed by atoms with Gasteiger partial charge in [-0.25, -0.2) is 4.79 Å². The van der Waals surface area contributed by atoms with Gasteiger partial charge in [0.05, 0.1) is 23.6 Å². The largest absolute Gasteiger partial charge is 0.466 e. The number of ether oxygens (including phenoxy) is 2. The molecule has 31 heavy (non-hydrogen) atoms. The Morgan fingerprint density at radius 3 is 2.77 bits per heavy atom. The van der Waals surface area contributed by atoms with Crippen LogP contribution in [-0.2, 0) is 28.9 Å². The fourth-order valence-electron chi connectivity index (χ4n) is 4.65. The number of hydrogen-bond donors (Lipinski definition) is 1. The lowest BCUT2D eigenvalue weighted by Gasteiger charge is -2.36. The van der Waals surface area contributed by atoms with Crippen molar-refractivity contribution >= 4 is 11.9 Å². The van der Waals surface area contributed by atoms with Crippen molar-refractivity contribution in [3.8, 4) is 0 Å². The summed E-state index contributed by atoms with van der Waals surface area (Å²) in [6.45, 7) is 8.58. The highest BCUT2D eigenvalue weighted by atomic mass is 16.5. The van der Waals surface area contributed by atoms with Gasteiger partial charge in [0.15, 0.2) is 0 Å². The van der Waals surface area contributed by atoms with Gasteiger partial charge in [0.2, 0.25) is 0 Å². The molecule has 0 saturated carbocycles. The molecule has 0 unspecified atom stereocenters. The number of nitrogens with one attached hydrogen (secondary N) is 1. The number of nitrogens with zero attached hydrogens (tertiary/aromatic N) is 2. The molecule has 0 atom stereocenters. The van der Waals surface area contributed by atoms with Crippen LogP contribution >= 0.6 is 0 Å². The van der Waals surface area contributed by atoms with Gasteiger partial charge >= 0.3 is 5.97 Å². The Morgan fingerprint density at radius 1 is 1.32 bits per heavy atom. The molecule has 8 nitrogen and oxygen atoms in total. The predicted octanol–water partition coefficient (Wildman–Crippen LogP) is 2.99. The second kappa shape index (κ2) is 8.86. The quantitative estimate of drug-likeness (QED) is 0.560.